The Hall–Kier alpha value is -2.20. The molecule has 0 fully saturated rings. The molecule has 2 heterocycles. The first-order chi connectivity index (χ1) is 8.77. The number of hydrogen-bond donors (Lipinski definition) is 0. The van der Waals surface area contributed by atoms with Crippen LogP contribution in [0.5, 0.6) is 0 Å². The second kappa shape index (κ2) is 4.17. The van der Waals surface area contributed by atoms with Crippen LogP contribution in [0.2, 0.25) is 0 Å². The minimum absolute atomic E-state index is 0.984. The molecule has 11 heteroatoms. The normalized spacial score (nSPS) is 26.2. The van der Waals surface area contributed by atoms with Crippen molar-refractivity contribution in [3.63, 3.8) is 0 Å². The lowest BCUT2D eigenvalue weighted by Gasteiger charge is -2.29. The van der Waals surface area contributed by atoms with Crippen molar-refractivity contribution in [2.45, 2.75) is 12.6 Å². The van der Waals surface area contributed by atoms with Crippen LogP contribution in [-0.4, -0.2) is 34.8 Å². The number of carbonyl (C=O) groups is 2. The summed E-state index contributed by atoms with van der Waals surface area (Å²) in [7, 11) is 0. The minimum Gasteiger partial charge on any atom is -0.383 e. The highest BCUT2D eigenvalue weighted by atomic mass is 19.2. The quantitative estimate of drug-likeness (QED) is 0.253. The Morgan fingerprint density at radius 1 is 0.895 bits per heavy atom. The van der Waals surface area contributed by atoms with Gasteiger partial charge in [-0.3, -0.25) is 0 Å². The van der Waals surface area contributed by atoms with Gasteiger partial charge in [0, 0.05) is 0 Å². The molecule has 0 N–H and O–H groups in total. The molecule has 2 atom stereocenters. The molecule has 19 heavy (non-hydrogen) atoms. The van der Waals surface area contributed by atoms with E-state index in [9.17, 15) is 36.1 Å². The Labute approximate surface area is 99.7 Å². The molecule has 0 saturated heterocycles. The number of halogens is 6. The third-order valence-electron chi connectivity index (χ3n) is 2.27. The van der Waals surface area contributed by atoms with Crippen LogP contribution in [0.3, 0.4) is 0 Å². The summed E-state index contributed by atoms with van der Waals surface area (Å²) >= 11 is 0. The van der Waals surface area contributed by atoms with Crippen LogP contribution in [0.4, 0.5) is 26.5 Å². The van der Waals surface area contributed by atoms with Crippen molar-refractivity contribution in [2.24, 2.45) is 0 Å². The first-order valence-electron chi connectivity index (χ1n) is 4.51. The summed E-state index contributed by atoms with van der Waals surface area (Å²) in [5, 5.41) is -1.97. The first kappa shape index (κ1) is 13.2. The minimum atomic E-state index is -2.81. The molecule has 2 unspecified atom stereocenters. The maximum absolute atomic E-state index is 12.6. The summed E-state index contributed by atoms with van der Waals surface area (Å²) < 4.78 is 78.6. The number of rotatable bonds is 2. The summed E-state index contributed by atoms with van der Waals surface area (Å²) in [4.78, 5) is 21.9. The second-order valence-corrected chi connectivity index (χ2v) is 3.36. The Bertz CT molecular complexity index is 487. The Morgan fingerprint density at radius 2 is 1.21 bits per heavy atom. The van der Waals surface area contributed by atoms with Crippen LogP contribution in [0.15, 0.2) is 23.0 Å². The van der Waals surface area contributed by atoms with Gasteiger partial charge in [-0.1, -0.05) is 8.96 Å². The van der Waals surface area contributed by atoms with Crippen LogP contribution < -0.4 is 0 Å². The third kappa shape index (κ3) is 1.72. The van der Waals surface area contributed by atoms with Crippen LogP contribution in [0.25, 0.3) is 0 Å². The summed E-state index contributed by atoms with van der Waals surface area (Å²) in [6.07, 6.45) is -5.63. The third-order valence-corrected chi connectivity index (χ3v) is 2.27. The average molecular weight is 288 g/mol. The molecule has 0 amide bonds. The van der Waals surface area contributed by atoms with Crippen molar-refractivity contribution in [1.82, 2.24) is 10.2 Å². The molecular formula is C8H2F6N2O3. The van der Waals surface area contributed by atoms with Gasteiger partial charge in [0.2, 0.25) is 0 Å². The summed E-state index contributed by atoms with van der Waals surface area (Å²) in [6.45, 7) is 0. The molecule has 2 aliphatic heterocycles. The van der Waals surface area contributed by atoms with E-state index in [1.165, 1.54) is 0 Å². The van der Waals surface area contributed by atoms with Gasteiger partial charge in [0.25, 0.3) is 12.6 Å². The van der Waals surface area contributed by atoms with Crippen LogP contribution >= 0.6 is 0 Å². The summed E-state index contributed by atoms with van der Waals surface area (Å²) in [5.74, 6) is -7.70. The Balaban J connectivity index is 2.08. The molecule has 104 valence electrons. The smallest absolute Gasteiger partial charge is 0.368 e. The largest absolute Gasteiger partial charge is 0.383 e. The average Bonchev–Trinajstić information content (AvgIpc) is 2.38. The number of esters is 2. The van der Waals surface area contributed by atoms with Crippen molar-refractivity contribution >= 4 is 11.9 Å². The molecule has 0 spiro atoms. The van der Waals surface area contributed by atoms with Gasteiger partial charge < -0.3 is 4.74 Å². The van der Waals surface area contributed by atoms with Crippen LogP contribution in [0.1, 0.15) is 0 Å². The number of carbonyl (C=O) groups excluding carboxylic acids is 2. The number of ether oxygens (including phenoxy) is 1. The fourth-order valence-electron chi connectivity index (χ4n) is 1.27. The molecule has 5 nitrogen and oxygen atoms in total. The Kier molecular flexibility index (Phi) is 2.91. The molecule has 2 rings (SSSR count). The molecule has 0 aromatic rings. The van der Waals surface area contributed by atoms with Crippen molar-refractivity contribution in [2.75, 3.05) is 0 Å². The van der Waals surface area contributed by atoms with Gasteiger partial charge in [0.15, 0.2) is 23.0 Å². The van der Waals surface area contributed by atoms with E-state index >= 15 is 0 Å². The topological polar surface area (TPSA) is 49.9 Å². The zero-order chi connectivity index (χ0) is 14.5. The van der Waals surface area contributed by atoms with Gasteiger partial charge >= 0.3 is 11.9 Å². The zero-order valence-corrected chi connectivity index (χ0v) is 8.54. The molecule has 0 aliphatic carbocycles. The Morgan fingerprint density at radius 3 is 1.47 bits per heavy atom. The van der Waals surface area contributed by atoms with Gasteiger partial charge in [0.05, 0.1) is 0 Å². The fraction of sp³-hybridized carbons (Fsp3) is 0.250. The summed E-state index contributed by atoms with van der Waals surface area (Å²) in [5.41, 5.74) is -3.10. The highest BCUT2D eigenvalue weighted by Gasteiger charge is 2.49. The van der Waals surface area contributed by atoms with Crippen molar-refractivity contribution < 1.29 is 40.9 Å². The van der Waals surface area contributed by atoms with Gasteiger partial charge in [-0.15, -0.1) is 0 Å². The van der Waals surface area contributed by atoms with E-state index in [1.807, 2.05) is 0 Å². The van der Waals surface area contributed by atoms with Gasteiger partial charge in [-0.25, -0.2) is 27.2 Å². The highest BCUT2D eigenvalue weighted by molar-refractivity contribution is 6.02. The lowest BCUT2D eigenvalue weighted by Crippen LogP contribution is -2.44. The van der Waals surface area contributed by atoms with E-state index in [0.29, 0.717) is 0 Å². The van der Waals surface area contributed by atoms with Crippen molar-refractivity contribution in [1.29, 1.82) is 0 Å². The van der Waals surface area contributed by atoms with Crippen LogP contribution in [0, 0.1) is 0 Å². The highest BCUT2D eigenvalue weighted by Crippen LogP contribution is 2.36. The van der Waals surface area contributed by atoms with E-state index < -0.39 is 57.8 Å². The standard InChI is InChI=1S/C8H2F6N2O3/c9-1-3(15(13)5(1)11)7(17)19-8(18)4-2(10)6(12)16(4)14/h5-6H. The molecule has 0 aromatic carbocycles. The van der Waals surface area contributed by atoms with Crippen molar-refractivity contribution in [3.8, 4) is 0 Å². The second-order valence-electron chi connectivity index (χ2n) is 3.36. The molecule has 0 radical (unpaired) electrons. The first-order valence-corrected chi connectivity index (χ1v) is 4.51. The SMILES string of the molecule is O=C(OC(=O)C1=C(F)C(F)N1F)C1=C(F)C(F)N1F. The lowest BCUT2D eigenvalue weighted by atomic mass is 10.2. The number of hydrogen-bond acceptors (Lipinski definition) is 5. The molecule has 0 bridgehead atoms. The van der Waals surface area contributed by atoms with Gasteiger partial charge in [0.1, 0.15) is 0 Å². The summed E-state index contributed by atoms with van der Waals surface area (Å²) in [6, 6.07) is 0. The maximum atomic E-state index is 12.6. The van der Waals surface area contributed by atoms with Gasteiger partial charge in [-0.05, 0) is 0 Å². The maximum Gasteiger partial charge on any atom is 0.368 e. The van der Waals surface area contributed by atoms with E-state index in [-0.39, 0.29) is 0 Å². The predicted octanol–water partition coefficient (Wildman–Crippen LogP) is 1.41. The number of nitrogens with zero attached hydrogens (tertiary/aromatic N) is 2. The van der Waals surface area contributed by atoms with Gasteiger partial charge in [-0.2, -0.15) is 10.2 Å². The monoisotopic (exact) mass is 288 g/mol. The van der Waals surface area contributed by atoms with E-state index in [2.05, 4.69) is 4.74 Å². The molecular weight excluding hydrogens is 286 g/mol. The van der Waals surface area contributed by atoms with Crippen LogP contribution in [-0.2, 0) is 14.3 Å². The van der Waals surface area contributed by atoms with E-state index in [1.54, 1.807) is 0 Å². The molecule has 0 aromatic heterocycles. The zero-order valence-electron chi connectivity index (χ0n) is 8.54. The van der Waals surface area contributed by atoms with E-state index in [4.69, 9.17) is 0 Å². The molecule has 2 aliphatic rings. The van der Waals surface area contributed by atoms with E-state index in [0.717, 1.165) is 0 Å². The molecule has 0 saturated carbocycles. The fourth-order valence-corrected chi connectivity index (χ4v) is 1.27. The van der Waals surface area contributed by atoms with Crippen molar-refractivity contribution in [3.05, 3.63) is 23.0 Å². The number of alkyl halides is 2. The lowest BCUT2D eigenvalue weighted by molar-refractivity contribution is -0.169. The predicted molar refractivity (Wildman–Crippen MR) is 43.1 cm³/mol.